The molecule has 0 aliphatic rings. The van der Waals surface area contributed by atoms with Crippen LogP contribution in [0.1, 0.15) is 117 Å². The van der Waals surface area contributed by atoms with E-state index in [0.29, 0.717) is 12.8 Å². The van der Waals surface area contributed by atoms with Gasteiger partial charge < -0.3 is 29.9 Å². The number of hydrogen-bond acceptors (Lipinski definition) is 8. The van der Waals surface area contributed by atoms with Crippen LogP contribution in [0, 0.1) is 0 Å². The topological polar surface area (TPSA) is 134 Å². The fourth-order valence-corrected chi connectivity index (χ4v) is 3.69. The second-order valence-corrected chi connectivity index (χ2v) is 9.19. The molecule has 4 atom stereocenters. The maximum atomic E-state index is 12.3. The van der Waals surface area contributed by atoms with Gasteiger partial charge in [-0.05, 0) is 12.8 Å². The van der Waals surface area contributed by atoms with E-state index in [1.54, 1.807) is 0 Å². The summed E-state index contributed by atoms with van der Waals surface area (Å²) in [5.74, 6) is -1.03. The molecule has 0 rings (SSSR count). The predicted molar refractivity (Wildman–Crippen MR) is 131 cm³/mol. The van der Waals surface area contributed by atoms with Crippen molar-refractivity contribution in [2.45, 2.75) is 141 Å². The van der Waals surface area contributed by atoms with Crippen LogP contribution in [0.15, 0.2) is 0 Å². The van der Waals surface area contributed by atoms with Crippen molar-refractivity contribution < 1.29 is 39.5 Å². The molecule has 0 aromatic rings. The van der Waals surface area contributed by atoms with Gasteiger partial charge >= 0.3 is 11.9 Å². The molecule has 0 aromatic heterocycles. The molecule has 0 aromatic carbocycles. The zero-order chi connectivity index (χ0) is 25.6. The fourth-order valence-electron chi connectivity index (χ4n) is 3.69. The molecule has 0 aliphatic carbocycles. The number of carbonyl (C=O) groups is 2. The summed E-state index contributed by atoms with van der Waals surface area (Å²) >= 11 is 0. The quantitative estimate of drug-likeness (QED) is 0.126. The molecule has 4 N–H and O–H groups in total. The Balaban J connectivity index is 4.48. The first kappa shape index (κ1) is 32.8. The van der Waals surface area contributed by atoms with Gasteiger partial charge in [0.1, 0.15) is 24.9 Å². The molecule has 0 radical (unpaired) electrons. The van der Waals surface area contributed by atoms with Gasteiger partial charge in [-0.2, -0.15) is 0 Å². The van der Waals surface area contributed by atoms with Gasteiger partial charge in [0.2, 0.25) is 0 Å². The van der Waals surface area contributed by atoms with E-state index in [0.717, 1.165) is 38.5 Å². The van der Waals surface area contributed by atoms with Crippen molar-refractivity contribution >= 4 is 11.9 Å². The monoisotopic (exact) mass is 490 g/mol. The molecule has 0 saturated carbocycles. The van der Waals surface area contributed by atoms with Gasteiger partial charge in [0.15, 0.2) is 6.10 Å². The number of aliphatic hydroxyl groups is 4. The molecular weight excluding hydrogens is 440 g/mol. The highest BCUT2D eigenvalue weighted by molar-refractivity contribution is 5.70. The van der Waals surface area contributed by atoms with Crippen molar-refractivity contribution in [2.75, 3.05) is 13.2 Å². The maximum absolute atomic E-state index is 12.3. The van der Waals surface area contributed by atoms with Gasteiger partial charge in [-0.15, -0.1) is 0 Å². The molecule has 34 heavy (non-hydrogen) atoms. The summed E-state index contributed by atoms with van der Waals surface area (Å²) in [6.45, 7) is 3.13. The zero-order valence-electron chi connectivity index (χ0n) is 21.5. The van der Waals surface area contributed by atoms with E-state index in [4.69, 9.17) is 14.6 Å². The Labute approximate surface area is 206 Å². The average molecular weight is 491 g/mol. The largest absolute Gasteiger partial charge is 0.462 e. The highest BCUT2D eigenvalue weighted by Crippen LogP contribution is 2.14. The van der Waals surface area contributed by atoms with Crippen molar-refractivity contribution in [2.24, 2.45) is 0 Å². The summed E-state index contributed by atoms with van der Waals surface area (Å²) in [5.41, 5.74) is 0. The van der Waals surface area contributed by atoms with Gasteiger partial charge in [-0.3, -0.25) is 9.59 Å². The molecule has 0 aliphatic heterocycles. The van der Waals surface area contributed by atoms with Gasteiger partial charge in [-0.25, -0.2) is 0 Å². The molecule has 0 unspecified atom stereocenters. The van der Waals surface area contributed by atoms with E-state index >= 15 is 0 Å². The van der Waals surface area contributed by atoms with Gasteiger partial charge in [0, 0.05) is 12.8 Å². The van der Waals surface area contributed by atoms with E-state index in [1.165, 1.54) is 38.5 Å². The van der Waals surface area contributed by atoms with E-state index in [2.05, 4.69) is 13.8 Å². The van der Waals surface area contributed by atoms with E-state index < -0.39 is 49.6 Å². The minimum absolute atomic E-state index is 0.154. The van der Waals surface area contributed by atoms with E-state index in [1.807, 2.05) is 0 Å². The summed E-state index contributed by atoms with van der Waals surface area (Å²) in [6.07, 6.45) is 8.73. The number of rotatable bonds is 23. The lowest BCUT2D eigenvalue weighted by Gasteiger charge is -2.28. The molecule has 0 spiro atoms. The highest BCUT2D eigenvalue weighted by atomic mass is 16.6. The molecule has 0 fully saturated rings. The highest BCUT2D eigenvalue weighted by Gasteiger charge is 2.34. The number of ether oxygens (including phenoxy) is 2. The van der Waals surface area contributed by atoms with Crippen LogP contribution in [0.2, 0.25) is 0 Å². The Hall–Kier alpha value is -1.22. The molecule has 0 heterocycles. The lowest BCUT2D eigenvalue weighted by molar-refractivity contribution is -0.178. The van der Waals surface area contributed by atoms with Crippen molar-refractivity contribution in [1.82, 2.24) is 0 Å². The van der Waals surface area contributed by atoms with Crippen LogP contribution in [-0.4, -0.2) is 70.0 Å². The Morgan fingerprint density at radius 1 is 0.647 bits per heavy atom. The first-order valence-corrected chi connectivity index (χ1v) is 13.4. The lowest BCUT2D eigenvalue weighted by Crippen LogP contribution is -2.49. The Morgan fingerprint density at radius 2 is 1.09 bits per heavy atom. The van der Waals surface area contributed by atoms with E-state index in [-0.39, 0.29) is 12.8 Å². The first-order valence-electron chi connectivity index (χ1n) is 13.4. The normalized spacial score (nSPS) is 14.9. The second-order valence-electron chi connectivity index (χ2n) is 9.19. The first-order chi connectivity index (χ1) is 16.4. The number of aliphatic hydroxyl groups excluding tert-OH is 4. The van der Waals surface area contributed by atoms with Crippen LogP contribution in [0.25, 0.3) is 0 Å². The van der Waals surface area contributed by atoms with Gasteiger partial charge in [-0.1, -0.05) is 90.9 Å². The number of carbonyl (C=O) groups excluding carboxylic acids is 2. The predicted octanol–water partition coefficient (Wildman–Crippen LogP) is 3.80. The summed E-state index contributed by atoms with van der Waals surface area (Å²) < 4.78 is 10.5. The number of unbranched alkanes of at least 4 members (excludes halogenated alkanes) is 12. The van der Waals surface area contributed by atoms with Crippen LogP contribution in [0.3, 0.4) is 0 Å². The lowest BCUT2D eigenvalue weighted by atomic mass is 10.0. The Kier molecular flexibility index (Phi) is 21.5. The third-order valence-electron chi connectivity index (χ3n) is 5.97. The van der Waals surface area contributed by atoms with Gasteiger partial charge in [0.25, 0.3) is 0 Å². The fraction of sp³-hybridized carbons (Fsp3) is 0.923. The van der Waals surface area contributed by atoms with Crippen molar-refractivity contribution in [3.05, 3.63) is 0 Å². The minimum Gasteiger partial charge on any atom is -0.462 e. The van der Waals surface area contributed by atoms with Gasteiger partial charge in [0.05, 0.1) is 6.61 Å². The molecule has 0 amide bonds. The van der Waals surface area contributed by atoms with Crippen LogP contribution < -0.4 is 0 Å². The summed E-state index contributed by atoms with van der Waals surface area (Å²) in [7, 11) is 0. The number of hydrogen-bond donors (Lipinski definition) is 4. The zero-order valence-corrected chi connectivity index (χ0v) is 21.5. The summed E-state index contributed by atoms with van der Waals surface area (Å²) in [5, 5.41) is 39.0. The Morgan fingerprint density at radius 3 is 1.56 bits per heavy atom. The van der Waals surface area contributed by atoms with Crippen LogP contribution in [0.5, 0.6) is 0 Å². The summed E-state index contributed by atoms with van der Waals surface area (Å²) in [6, 6.07) is 0. The number of esters is 2. The smallest absolute Gasteiger partial charge is 0.306 e. The standard InChI is InChI=1S/C26H50O8/c1-3-5-7-9-11-13-15-17-23(29)33-20-22(26(32)25(31)21(28)19-27)34-24(30)18-16-14-12-10-8-6-4-2/h21-22,25-28,31-32H,3-20H2,1-2H3/t21-,22+,25-,26-/m1/s1. The maximum Gasteiger partial charge on any atom is 0.306 e. The Bertz CT molecular complexity index is 499. The van der Waals surface area contributed by atoms with Crippen LogP contribution in [0.4, 0.5) is 0 Å². The molecule has 8 nitrogen and oxygen atoms in total. The third kappa shape index (κ3) is 17.2. The third-order valence-corrected chi connectivity index (χ3v) is 5.97. The molecule has 8 heteroatoms. The molecule has 0 bridgehead atoms. The molecule has 202 valence electrons. The SMILES string of the molecule is CCCCCCCCCC(=O)OC[C@H](OC(=O)CCCCCCCCC)[C@@H](O)[C@H](O)[C@H](O)CO. The van der Waals surface area contributed by atoms with Crippen molar-refractivity contribution in [3.8, 4) is 0 Å². The minimum atomic E-state index is -1.75. The summed E-state index contributed by atoms with van der Waals surface area (Å²) in [4.78, 5) is 24.3. The molecule has 0 saturated heterocycles. The van der Waals surface area contributed by atoms with Crippen molar-refractivity contribution in [3.63, 3.8) is 0 Å². The van der Waals surface area contributed by atoms with Crippen LogP contribution in [-0.2, 0) is 19.1 Å². The molecular formula is C26H50O8. The van der Waals surface area contributed by atoms with Crippen LogP contribution >= 0.6 is 0 Å². The van der Waals surface area contributed by atoms with E-state index in [9.17, 15) is 24.9 Å². The second kappa shape index (κ2) is 22.3. The van der Waals surface area contributed by atoms with Crippen molar-refractivity contribution in [1.29, 1.82) is 0 Å². The average Bonchev–Trinajstić information content (AvgIpc) is 2.83.